The van der Waals surface area contributed by atoms with E-state index in [0.717, 1.165) is 43.1 Å². The summed E-state index contributed by atoms with van der Waals surface area (Å²) in [6.45, 7) is 3.48. The van der Waals surface area contributed by atoms with Crippen LogP contribution in [0.3, 0.4) is 0 Å². The average molecular weight is 366 g/mol. The van der Waals surface area contributed by atoms with Gasteiger partial charge in [-0.1, -0.05) is 12.1 Å². The molecule has 0 bridgehead atoms. The summed E-state index contributed by atoms with van der Waals surface area (Å²) in [7, 11) is 1.64. The fourth-order valence-electron chi connectivity index (χ4n) is 3.24. The molecular weight excluding hydrogens is 344 g/mol. The predicted octanol–water partition coefficient (Wildman–Crippen LogP) is 1.87. The molecule has 1 fully saturated rings. The van der Waals surface area contributed by atoms with Gasteiger partial charge in [0.2, 0.25) is 5.95 Å². The molecule has 0 spiro atoms. The molecule has 27 heavy (non-hydrogen) atoms. The van der Waals surface area contributed by atoms with Crippen molar-refractivity contribution in [1.82, 2.24) is 14.9 Å². The van der Waals surface area contributed by atoms with Crippen LogP contribution in [-0.2, 0) is 6.54 Å². The second-order valence-electron chi connectivity index (χ2n) is 6.25. The third-order valence-corrected chi connectivity index (χ3v) is 4.65. The van der Waals surface area contributed by atoms with Gasteiger partial charge in [0.25, 0.3) is 0 Å². The Kier molecular flexibility index (Phi) is 4.78. The van der Waals surface area contributed by atoms with E-state index < -0.39 is 0 Å². The van der Waals surface area contributed by atoms with E-state index in [9.17, 15) is 0 Å². The van der Waals surface area contributed by atoms with E-state index in [-0.39, 0.29) is 0 Å². The summed E-state index contributed by atoms with van der Waals surface area (Å²) in [6.07, 6.45) is 3.51. The Balaban J connectivity index is 1.42. The van der Waals surface area contributed by atoms with Crippen LogP contribution >= 0.6 is 0 Å². The van der Waals surface area contributed by atoms with E-state index in [0.29, 0.717) is 24.0 Å². The largest absolute Gasteiger partial charge is 0.492 e. The second kappa shape index (κ2) is 7.53. The molecule has 0 atom stereocenters. The number of hydrogen-bond acceptors (Lipinski definition) is 6. The Morgan fingerprint density at radius 2 is 1.89 bits per heavy atom. The van der Waals surface area contributed by atoms with Gasteiger partial charge in [0.05, 0.1) is 12.5 Å². The maximum absolute atomic E-state index is 6.21. The number of fused-ring (bicyclic) bond motifs is 1. The van der Waals surface area contributed by atoms with Crippen molar-refractivity contribution in [3.8, 4) is 5.75 Å². The highest BCUT2D eigenvalue weighted by atomic mass is 16.5. The van der Waals surface area contributed by atoms with Crippen LogP contribution in [0.4, 0.5) is 5.95 Å². The van der Waals surface area contributed by atoms with Crippen LogP contribution in [0.25, 0.3) is 11.0 Å². The van der Waals surface area contributed by atoms with Crippen molar-refractivity contribution in [3.05, 3.63) is 48.5 Å². The van der Waals surface area contributed by atoms with E-state index in [1.807, 2.05) is 30.3 Å². The molecule has 2 N–H and O–H groups in total. The van der Waals surface area contributed by atoms with E-state index in [2.05, 4.69) is 24.8 Å². The summed E-state index contributed by atoms with van der Waals surface area (Å²) in [6, 6.07) is 9.59. The van der Waals surface area contributed by atoms with Gasteiger partial charge in [-0.25, -0.2) is 15.0 Å². The fraction of sp³-hybridized carbons (Fsp3) is 0.316. The number of para-hydroxylation sites is 1. The summed E-state index contributed by atoms with van der Waals surface area (Å²) in [4.78, 5) is 17.3. The third-order valence-electron chi connectivity index (χ3n) is 4.65. The molecular formula is C19H22N6O2. The Hall–Kier alpha value is -3.29. The first-order valence-electron chi connectivity index (χ1n) is 8.87. The number of anilines is 1. The standard InChI is InChI=1S/C19H22N6O2/c1-26-17-14-5-2-3-6-15(14)27-16(17)13-23-18(20)24-9-11-25(12-10-24)19-21-7-4-8-22-19/h2-8H,9-13H2,1H3,(H2,20,23). The number of furan rings is 1. The molecule has 0 amide bonds. The fourth-order valence-corrected chi connectivity index (χ4v) is 3.24. The van der Waals surface area contributed by atoms with E-state index in [4.69, 9.17) is 14.9 Å². The summed E-state index contributed by atoms with van der Waals surface area (Å²) in [5, 5.41) is 0.945. The zero-order chi connectivity index (χ0) is 18.6. The number of methoxy groups -OCH3 is 1. The van der Waals surface area contributed by atoms with Crippen LogP contribution in [-0.4, -0.2) is 54.1 Å². The normalized spacial score (nSPS) is 15.4. The van der Waals surface area contributed by atoms with E-state index in [1.54, 1.807) is 19.5 Å². The number of aromatic nitrogens is 2. The van der Waals surface area contributed by atoms with Gasteiger partial charge in [-0.2, -0.15) is 0 Å². The van der Waals surface area contributed by atoms with Crippen LogP contribution in [0, 0.1) is 0 Å². The first-order valence-corrected chi connectivity index (χ1v) is 8.87. The highest BCUT2D eigenvalue weighted by Crippen LogP contribution is 2.33. The van der Waals surface area contributed by atoms with Gasteiger partial charge in [-0.05, 0) is 18.2 Å². The summed E-state index contributed by atoms with van der Waals surface area (Å²) >= 11 is 0. The first-order chi connectivity index (χ1) is 13.3. The van der Waals surface area contributed by atoms with Gasteiger partial charge in [0.1, 0.15) is 12.1 Å². The molecule has 0 unspecified atom stereocenters. The number of nitrogens with zero attached hydrogens (tertiary/aromatic N) is 5. The average Bonchev–Trinajstić information content (AvgIpc) is 3.10. The Morgan fingerprint density at radius 1 is 1.15 bits per heavy atom. The molecule has 0 saturated carbocycles. The molecule has 4 rings (SSSR count). The number of hydrogen-bond donors (Lipinski definition) is 1. The Morgan fingerprint density at radius 3 is 2.63 bits per heavy atom. The van der Waals surface area contributed by atoms with Gasteiger partial charge < -0.3 is 24.7 Å². The topological polar surface area (TPSA) is 93.0 Å². The van der Waals surface area contributed by atoms with Crippen molar-refractivity contribution in [2.45, 2.75) is 6.54 Å². The number of rotatable bonds is 4. The van der Waals surface area contributed by atoms with Crippen molar-refractivity contribution in [1.29, 1.82) is 0 Å². The number of aliphatic imine (C=N–C) groups is 1. The molecule has 8 heteroatoms. The molecule has 2 aromatic heterocycles. The quantitative estimate of drug-likeness (QED) is 0.556. The second-order valence-corrected chi connectivity index (χ2v) is 6.25. The molecule has 1 aromatic carbocycles. The minimum atomic E-state index is 0.339. The molecule has 3 aromatic rings. The van der Waals surface area contributed by atoms with Crippen molar-refractivity contribution < 1.29 is 9.15 Å². The maximum Gasteiger partial charge on any atom is 0.225 e. The third kappa shape index (κ3) is 3.51. The lowest BCUT2D eigenvalue weighted by Gasteiger charge is -2.35. The van der Waals surface area contributed by atoms with Gasteiger partial charge in [0, 0.05) is 38.6 Å². The Bertz CT molecular complexity index is 932. The summed E-state index contributed by atoms with van der Waals surface area (Å²) in [5.41, 5.74) is 7.00. The molecule has 3 heterocycles. The van der Waals surface area contributed by atoms with Gasteiger partial charge in [0.15, 0.2) is 17.5 Å². The molecule has 0 radical (unpaired) electrons. The van der Waals surface area contributed by atoms with Gasteiger partial charge in [-0.15, -0.1) is 0 Å². The molecule has 0 aliphatic carbocycles. The first kappa shape index (κ1) is 17.1. The molecule has 140 valence electrons. The Labute approximate surface area is 157 Å². The number of piperazine rings is 1. The highest BCUT2D eigenvalue weighted by Gasteiger charge is 2.20. The molecule has 1 aliphatic rings. The lowest BCUT2D eigenvalue weighted by Crippen LogP contribution is -2.51. The lowest BCUT2D eigenvalue weighted by molar-refractivity contribution is 0.375. The minimum absolute atomic E-state index is 0.339. The van der Waals surface area contributed by atoms with Crippen molar-refractivity contribution >= 4 is 22.9 Å². The van der Waals surface area contributed by atoms with E-state index >= 15 is 0 Å². The van der Waals surface area contributed by atoms with Crippen LogP contribution in [0.15, 0.2) is 52.1 Å². The maximum atomic E-state index is 6.21. The smallest absolute Gasteiger partial charge is 0.225 e. The molecule has 1 saturated heterocycles. The number of benzene rings is 1. The number of ether oxygens (including phenoxy) is 1. The zero-order valence-electron chi connectivity index (χ0n) is 15.2. The molecule has 8 nitrogen and oxygen atoms in total. The van der Waals surface area contributed by atoms with Gasteiger partial charge >= 0.3 is 0 Å². The number of guanidine groups is 1. The van der Waals surface area contributed by atoms with Crippen LogP contribution in [0.1, 0.15) is 5.76 Å². The van der Waals surface area contributed by atoms with E-state index in [1.165, 1.54) is 0 Å². The summed E-state index contributed by atoms with van der Waals surface area (Å²) < 4.78 is 11.4. The lowest BCUT2D eigenvalue weighted by atomic mass is 10.2. The van der Waals surface area contributed by atoms with Crippen molar-refractivity contribution in [2.75, 3.05) is 38.2 Å². The SMILES string of the molecule is COc1c(CN=C(N)N2CCN(c3ncccn3)CC2)oc2ccccc12. The number of nitrogens with two attached hydrogens (primary N) is 1. The van der Waals surface area contributed by atoms with Crippen LogP contribution in [0.5, 0.6) is 5.75 Å². The molecule has 1 aliphatic heterocycles. The summed E-state index contributed by atoms with van der Waals surface area (Å²) in [5.74, 6) is 2.65. The minimum Gasteiger partial charge on any atom is -0.492 e. The van der Waals surface area contributed by atoms with Crippen molar-refractivity contribution in [3.63, 3.8) is 0 Å². The van der Waals surface area contributed by atoms with Gasteiger partial charge in [-0.3, -0.25) is 0 Å². The van der Waals surface area contributed by atoms with Crippen LogP contribution < -0.4 is 15.4 Å². The monoisotopic (exact) mass is 366 g/mol. The highest BCUT2D eigenvalue weighted by molar-refractivity contribution is 5.85. The zero-order valence-corrected chi connectivity index (χ0v) is 15.2. The predicted molar refractivity (Wildman–Crippen MR) is 104 cm³/mol. The van der Waals surface area contributed by atoms with Crippen LogP contribution in [0.2, 0.25) is 0 Å². The van der Waals surface area contributed by atoms with Crippen molar-refractivity contribution in [2.24, 2.45) is 10.7 Å².